The summed E-state index contributed by atoms with van der Waals surface area (Å²) in [6, 6.07) is 15.9. The van der Waals surface area contributed by atoms with Gasteiger partial charge in [0.1, 0.15) is 0 Å². The van der Waals surface area contributed by atoms with Crippen molar-refractivity contribution in [3.05, 3.63) is 65.9 Å². The molecule has 0 fully saturated rings. The second-order valence-corrected chi connectivity index (χ2v) is 5.03. The minimum Gasteiger partial charge on any atom is -0.388 e. The minimum absolute atomic E-state index is 0.536. The number of fused-ring (bicyclic) bond motifs is 5. The Morgan fingerprint density at radius 2 is 1.70 bits per heavy atom. The van der Waals surface area contributed by atoms with Crippen molar-refractivity contribution in [1.29, 1.82) is 0 Å². The molecule has 0 amide bonds. The van der Waals surface area contributed by atoms with Gasteiger partial charge < -0.3 is 9.63 Å². The van der Waals surface area contributed by atoms with Crippen LogP contribution in [0.15, 0.2) is 59.3 Å². The third kappa shape index (κ3) is 1.60. The lowest BCUT2D eigenvalue weighted by atomic mass is 9.87. The molecule has 1 aromatic heterocycles. The van der Waals surface area contributed by atoms with Crippen molar-refractivity contribution in [1.82, 2.24) is 5.16 Å². The fraction of sp³-hybridized carbons (Fsp3) is 0.118. The monoisotopic (exact) mass is 263 g/mol. The molecule has 0 radical (unpaired) electrons. The maximum Gasteiger partial charge on any atom is 0.175 e. The van der Waals surface area contributed by atoms with Gasteiger partial charge in [-0.05, 0) is 16.7 Å². The van der Waals surface area contributed by atoms with Crippen LogP contribution in [0.4, 0.5) is 0 Å². The van der Waals surface area contributed by atoms with Crippen LogP contribution in [-0.4, -0.2) is 10.3 Å². The Morgan fingerprint density at radius 3 is 2.60 bits per heavy atom. The van der Waals surface area contributed by atoms with Crippen LogP contribution in [0.25, 0.3) is 22.5 Å². The topological polar surface area (TPSA) is 46.3 Å². The van der Waals surface area contributed by atoms with Crippen molar-refractivity contribution < 1.29 is 9.63 Å². The highest BCUT2D eigenvalue weighted by Gasteiger charge is 2.24. The van der Waals surface area contributed by atoms with Gasteiger partial charge in [-0.3, -0.25) is 0 Å². The van der Waals surface area contributed by atoms with Crippen LogP contribution in [0, 0.1) is 0 Å². The van der Waals surface area contributed by atoms with Gasteiger partial charge in [-0.1, -0.05) is 53.7 Å². The van der Waals surface area contributed by atoms with Gasteiger partial charge in [0.15, 0.2) is 5.76 Å². The van der Waals surface area contributed by atoms with Gasteiger partial charge >= 0.3 is 0 Å². The minimum atomic E-state index is -0.536. The van der Waals surface area contributed by atoms with E-state index < -0.39 is 6.10 Å². The van der Waals surface area contributed by atoms with E-state index in [2.05, 4.69) is 5.16 Å². The lowest BCUT2D eigenvalue weighted by Gasteiger charge is -2.20. The molecule has 3 heteroatoms. The van der Waals surface area contributed by atoms with Gasteiger partial charge in [-0.2, -0.15) is 0 Å². The molecule has 1 atom stereocenters. The first-order chi connectivity index (χ1) is 9.84. The van der Waals surface area contributed by atoms with E-state index in [1.54, 1.807) is 6.20 Å². The standard InChI is InChI=1S/C17H13NO2/c19-16-9-11-5-1-2-6-12(11)15-10-18-20-17(15)14-8-4-3-7-13(14)16/h1-8,10,16,19H,9H2. The molecule has 4 rings (SSSR count). The summed E-state index contributed by atoms with van der Waals surface area (Å²) in [4.78, 5) is 0. The molecule has 1 aliphatic rings. The second kappa shape index (κ2) is 4.32. The van der Waals surface area contributed by atoms with Crippen LogP contribution in [-0.2, 0) is 6.42 Å². The largest absolute Gasteiger partial charge is 0.388 e. The summed E-state index contributed by atoms with van der Waals surface area (Å²) in [5, 5.41) is 14.5. The molecule has 1 aliphatic carbocycles. The summed E-state index contributed by atoms with van der Waals surface area (Å²) in [7, 11) is 0. The van der Waals surface area contributed by atoms with E-state index in [1.165, 1.54) is 0 Å². The van der Waals surface area contributed by atoms with E-state index in [9.17, 15) is 5.11 Å². The fourth-order valence-corrected chi connectivity index (χ4v) is 2.90. The van der Waals surface area contributed by atoms with Crippen molar-refractivity contribution in [3.8, 4) is 22.5 Å². The smallest absolute Gasteiger partial charge is 0.175 e. The summed E-state index contributed by atoms with van der Waals surface area (Å²) >= 11 is 0. The number of benzene rings is 2. The Labute approximate surface area is 116 Å². The van der Waals surface area contributed by atoms with Crippen LogP contribution in [0.5, 0.6) is 0 Å². The number of aromatic nitrogens is 1. The Kier molecular flexibility index (Phi) is 2.47. The average Bonchev–Trinajstić information content (AvgIpc) is 2.95. The zero-order chi connectivity index (χ0) is 13.5. The van der Waals surface area contributed by atoms with Crippen LogP contribution in [0.2, 0.25) is 0 Å². The van der Waals surface area contributed by atoms with E-state index >= 15 is 0 Å². The molecule has 1 heterocycles. The maximum atomic E-state index is 10.5. The highest BCUT2D eigenvalue weighted by molar-refractivity contribution is 5.83. The second-order valence-electron chi connectivity index (χ2n) is 5.03. The van der Waals surface area contributed by atoms with Crippen molar-refractivity contribution in [2.45, 2.75) is 12.5 Å². The lowest BCUT2D eigenvalue weighted by molar-refractivity contribution is 0.178. The van der Waals surface area contributed by atoms with Crippen molar-refractivity contribution in [2.75, 3.05) is 0 Å². The maximum absolute atomic E-state index is 10.5. The summed E-state index contributed by atoms with van der Waals surface area (Å²) in [5.41, 5.74) is 4.98. The zero-order valence-electron chi connectivity index (χ0n) is 10.8. The summed E-state index contributed by atoms with van der Waals surface area (Å²) in [6.45, 7) is 0. The normalized spacial score (nSPS) is 16.6. The van der Waals surface area contributed by atoms with E-state index in [1.807, 2.05) is 48.5 Å². The molecule has 0 saturated carbocycles. The zero-order valence-corrected chi connectivity index (χ0v) is 10.8. The number of aliphatic hydroxyl groups excluding tert-OH is 1. The summed E-state index contributed by atoms with van der Waals surface area (Å²) in [6.07, 6.45) is 1.81. The van der Waals surface area contributed by atoms with Gasteiger partial charge in [-0.25, -0.2) is 0 Å². The Morgan fingerprint density at radius 1 is 0.950 bits per heavy atom. The first-order valence-corrected chi connectivity index (χ1v) is 6.65. The van der Waals surface area contributed by atoms with Crippen LogP contribution >= 0.6 is 0 Å². The van der Waals surface area contributed by atoms with E-state index in [0.717, 1.165) is 33.6 Å². The number of nitrogens with zero attached hydrogens (tertiary/aromatic N) is 1. The molecule has 3 nitrogen and oxygen atoms in total. The van der Waals surface area contributed by atoms with E-state index in [-0.39, 0.29) is 0 Å². The number of rotatable bonds is 0. The van der Waals surface area contributed by atoms with Crippen LogP contribution in [0.1, 0.15) is 17.2 Å². The van der Waals surface area contributed by atoms with Crippen molar-refractivity contribution in [3.63, 3.8) is 0 Å². The van der Waals surface area contributed by atoms with Gasteiger partial charge in [0.25, 0.3) is 0 Å². The molecular weight excluding hydrogens is 250 g/mol. The average molecular weight is 263 g/mol. The molecule has 2 aromatic carbocycles. The molecule has 20 heavy (non-hydrogen) atoms. The van der Waals surface area contributed by atoms with Gasteiger partial charge in [-0.15, -0.1) is 0 Å². The van der Waals surface area contributed by atoms with E-state index in [4.69, 9.17) is 4.52 Å². The lowest BCUT2D eigenvalue weighted by Crippen LogP contribution is -2.07. The third-order valence-corrected chi connectivity index (χ3v) is 3.86. The Bertz CT molecular complexity index is 776. The highest BCUT2D eigenvalue weighted by Crippen LogP contribution is 2.41. The van der Waals surface area contributed by atoms with Gasteiger partial charge in [0, 0.05) is 17.5 Å². The molecular formula is C17H13NO2. The number of hydrogen-bond acceptors (Lipinski definition) is 3. The van der Waals surface area contributed by atoms with Gasteiger partial charge in [0.05, 0.1) is 12.3 Å². The predicted octanol–water partition coefficient (Wildman–Crippen LogP) is 3.60. The molecule has 0 spiro atoms. The summed E-state index contributed by atoms with van der Waals surface area (Å²) in [5.74, 6) is 0.729. The van der Waals surface area contributed by atoms with Gasteiger partial charge in [0.2, 0.25) is 0 Å². The van der Waals surface area contributed by atoms with Crippen molar-refractivity contribution in [2.24, 2.45) is 0 Å². The molecule has 0 bridgehead atoms. The first-order valence-electron chi connectivity index (χ1n) is 6.65. The summed E-state index contributed by atoms with van der Waals surface area (Å²) < 4.78 is 5.46. The Hall–Kier alpha value is -2.39. The molecule has 0 saturated heterocycles. The van der Waals surface area contributed by atoms with E-state index in [0.29, 0.717) is 6.42 Å². The SMILES string of the molecule is OC1Cc2ccccc2-c2cnoc2-c2ccccc21. The molecule has 1 unspecified atom stereocenters. The Balaban J connectivity index is 2.07. The van der Waals surface area contributed by atoms with Crippen LogP contribution in [0.3, 0.4) is 0 Å². The molecule has 3 aromatic rings. The predicted molar refractivity (Wildman–Crippen MR) is 76.0 cm³/mol. The van der Waals surface area contributed by atoms with Crippen LogP contribution < -0.4 is 0 Å². The molecule has 0 aliphatic heterocycles. The number of hydrogen-bond donors (Lipinski definition) is 1. The number of aliphatic hydroxyl groups is 1. The highest BCUT2D eigenvalue weighted by atomic mass is 16.5. The first kappa shape index (κ1) is 11.4. The molecule has 1 N–H and O–H groups in total. The third-order valence-electron chi connectivity index (χ3n) is 3.86. The van der Waals surface area contributed by atoms with Crippen molar-refractivity contribution >= 4 is 0 Å². The molecule has 98 valence electrons. The quantitative estimate of drug-likeness (QED) is 0.674. The fourth-order valence-electron chi connectivity index (χ4n) is 2.90.